The van der Waals surface area contributed by atoms with Gasteiger partial charge < -0.3 is 10.1 Å². The molecule has 0 bridgehead atoms. The smallest absolute Gasteiger partial charge is 0.228 e. The summed E-state index contributed by atoms with van der Waals surface area (Å²) in [7, 11) is 1.65. The predicted octanol–water partition coefficient (Wildman–Crippen LogP) is 4.40. The lowest BCUT2D eigenvalue weighted by Crippen LogP contribution is -2.14. The van der Waals surface area contributed by atoms with E-state index in [1.807, 2.05) is 36.4 Å². The first-order valence-corrected chi connectivity index (χ1v) is 10.2. The summed E-state index contributed by atoms with van der Waals surface area (Å²) < 4.78 is 7.36. The molecule has 1 fully saturated rings. The van der Waals surface area contributed by atoms with Gasteiger partial charge in [-0.15, -0.1) is 0 Å². The summed E-state index contributed by atoms with van der Waals surface area (Å²) >= 11 is 0. The first-order valence-electron chi connectivity index (χ1n) is 10.2. The van der Waals surface area contributed by atoms with Crippen molar-refractivity contribution < 1.29 is 9.53 Å². The van der Waals surface area contributed by atoms with Crippen molar-refractivity contribution in [1.82, 2.24) is 14.4 Å². The fraction of sp³-hybridized carbons (Fsp3) is 0.250. The summed E-state index contributed by atoms with van der Waals surface area (Å²) in [4.78, 5) is 21.2. The van der Waals surface area contributed by atoms with Gasteiger partial charge in [-0.1, -0.05) is 6.07 Å². The van der Waals surface area contributed by atoms with Gasteiger partial charge in [0.05, 0.1) is 18.8 Å². The molecule has 0 atom stereocenters. The van der Waals surface area contributed by atoms with Gasteiger partial charge in [-0.25, -0.2) is 9.97 Å². The van der Waals surface area contributed by atoms with E-state index in [9.17, 15) is 10.1 Å². The number of carbonyl (C=O) groups excluding carboxylic acids is 1. The lowest BCUT2D eigenvalue weighted by molar-refractivity contribution is -0.117. The van der Waals surface area contributed by atoms with Gasteiger partial charge in [0.25, 0.3) is 0 Å². The number of nitrogens with zero attached hydrogens (tertiary/aromatic N) is 4. The summed E-state index contributed by atoms with van der Waals surface area (Å²) in [5, 5.41) is 13.5. The maximum atomic E-state index is 12.2. The Kier molecular flexibility index (Phi) is 4.36. The van der Waals surface area contributed by atoms with Crippen LogP contribution < -0.4 is 10.1 Å². The number of hydrogen-bond donors (Lipinski definition) is 1. The lowest BCUT2D eigenvalue weighted by Gasteiger charge is -2.16. The fourth-order valence-corrected chi connectivity index (χ4v) is 4.13. The van der Waals surface area contributed by atoms with E-state index in [1.165, 1.54) is 0 Å². The van der Waals surface area contributed by atoms with Crippen LogP contribution in [0.15, 0.2) is 36.7 Å². The summed E-state index contributed by atoms with van der Waals surface area (Å²) in [6.45, 7) is 4.07. The Balaban J connectivity index is 1.77. The number of pyridine rings is 2. The Morgan fingerprint density at radius 3 is 2.74 bits per heavy atom. The molecule has 0 spiro atoms. The molecule has 1 N–H and O–H groups in total. The molecule has 31 heavy (non-hydrogen) atoms. The van der Waals surface area contributed by atoms with Crippen LogP contribution >= 0.6 is 0 Å². The zero-order chi connectivity index (χ0) is 21.7. The van der Waals surface area contributed by atoms with Crippen LogP contribution in [-0.4, -0.2) is 27.4 Å². The van der Waals surface area contributed by atoms with Crippen LogP contribution in [0.5, 0.6) is 5.75 Å². The number of ether oxygens (including phenoxy) is 1. The number of imidazole rings is 1. The molecule has 0 saturated heterocycles. The highest BCUT2D eigenvalue weighted by atomic mass is 16.5. The average Bonchev–Trinajstić information content (AvgIpc) is 3.53. The van der Waals surface area contributed by atoms with Crippen LogP contribution in [0.25, 0.3) is 27.7 Å². The van der Waals surface area contributed by atoms with E-state index >= 15 is 0 Å². The van der Waals surface area contributed by atoms with E-state index in [-0.39, 0.29) is 11.8 Å². The molecule has 1 aliphatic carbocycles. The molecular formula is C24H21N5O2. The molecule has 0 radical (unpaired) electrons. The van der Waals surface area contributed by atoms with E-state index in [1.54, 1.807) is 25.6 Å². The fourth-order valence-electron chi connectivity index (χ4n) is 4.13. The number of amides is 1. The Morgan fingerprint density at radius 2 is 2.03 bits per heavy atom. The lowest BCUT2D eigenvalue weighted by atomic mass is 9.95. The van der Waals surface area contributed by atoms with E-state index in [2.05, 4.69) is 21.4 Å². The number of nitriles is 1. The van der Waals surface area contributed by atoms with E-state index < -0.39 is 0 Å². The van der Waals surface area contributed by atoms with Crippen molar-refractivity contribution >= 4 is 28.3 Å². The van der Waals surface area contributed by atoms with Crippen molar-refractivity contribution in [3.05, 3.63) is 53.5 Å². The first kappa shape index (κ1) is 19.1. The van der Waals surface area contributed by atoms with Gasteiger partial charge in [-0.2, -0.15) is 5.26 Å². The molecule has 3 heterocycles. The minimum atomic E-state index is -0.00604. The number of aromatic nitrogens is 3. The maximum Gasteiger partial charge on any atom is 0.228 e. The highest BCUT2D eigenvalue weighted by molar-refractivity contribution is 5.97. The zero-order valence-corrected chi connectivity index (χ0v) is 17.6. The topological polar surface area (TPSA) is 92.3 Å². The normalized spacial score (nSPS) is 13.4. The van der Waals surface area contributed by atoms with Gasteiger partial charge in [-0.05, 0) is 55.5 Å². The largest absolute Gasteiger partial charge is 0.496 e. The summed E-state index contributed by atoms with van der Waals surface area (Å²) in [6.07, 6.45) is 5.15. The molecule has 4 aromatic rings. The third kappa shape index (κ3) is 3.08. The predicted molar refractivity (Wildman–Crippen MR) is 118 cm³/mol. The van der Waals surface area contributed by atoms with Crippen molar-refractivity contribution in [3.8, 4) is 22.9 Å². The molecular weight excluding hydrogens is 390 g/mol. The minimum absolute atomic E-state index is 0.00604. The summed E-state index contributed by atoms with van der Waals surface area (Å²) in [5.74, 6) is 1.35. The van der Waals surface area contributed by atoms with Crippen LogP contribution in [0.3, 0.4) is 0 Å². The Morgan fingerprint density at radius 1 is 1.23 bits per heavy atom. The molecule has 1 saturated carbocycles. The number of nitrogens with one attached hydrogen (secondary N) is 1. The van der Waals surface area contributed by atoms with Crippen molar-refractivity contribution in [2.45, 2.75) is 26.7 Å². The third-order valence-corrected chi connectivity index (χ3v) is 5.88. The van der Waals surface area contributed by atoms with Crippen LogP contribution in [0.2, 0.25) is 0 Å². The molecule has 1 aromatic carbocycles. The Bertz CT molecular complexity index is 1410. The highest BCUT2D eigenvalue weighted by Crippen LogP contribution is 2.38. The van der Waals surface area contributed by atoms with Gasteiger partial charge in [0, 0.05) is 29.1 Å². The van der Waals surface area contributed by atoms with Gasteiger partial charge in [0.2, 0.25) is 5.91 Å². The molecule has 1 aliphatic rings. The number of methoxy groups -OCH3 is 1. The maximum absolute atomic E-state index is 12.2. The van der Waals surface area contributed by atoms with Crippen molar-refractivity contribution in [3.63, 3.8) is 0 Å². The highest BCUT2D eigenvalue weighted by Gasteiger charge is 2.30. The van der Waals surface area contributed by atoms with Crippen molar-refractivity contribution in [2.75, 3.05) is 12.4 Å². The average molecular weight is 411 g/mol. The molecule has 5 rings (SSSR count). The van der Waals surface area contributed by atoms with Crippen LogP contribution in [0.1, 0.15) is 29.7 Å². The van der Waals surface area contributed by atoms with E-state index in [0.29, 0.717) is 17.2 Å². The molecule has 7 heteroatoms. The van der Waals surface area contributed by atoms with Crippen LogP contribution in [0.4, 0.5) is 5.82 Å². The van der Waals surface area contributed by atoms with Gasteiger partial charge in [-0.3, -0.25) is 9.20 Å². The molecule has 0 unspecified atom stereocenters. The Labute approximate surface area is 179 Å². The third-order valence-electron chi connectivity index (χ3n) is 5.88. The van der Waals surface area contributed by atoms with E-state index in [0.717, 1.165) is 51.7 Å². The van der Waals surface area contributed by atoms with Gasteiger partial charge in [0.1, 0.15) is 29.0 Å². The van der Waals surface area contributed by atoms with Crippen molar-refractivity contribution in [1.29, 1.82) is 5.26 Å². The number of anilines is 1. The van der Waals surface area contributed by atoms with Crippen LogP contribution in [0, 0.1) is 31.1 Å². The number of benzene rings is 1. The Hall–Kier alpha value is -3.92. The minimum Gasteiger partial charge on any atom is -0.496 e. The number of fused-ring (bicyclic) bond motifs is 3. The SMILES string of the molecule is COc1ccc(C)c(-c2cc3cnc(NC(=O)C4CC4)cc3n3c(C#N)cnc23)c1C. The van der Waals surface area contributed by atoms with E-state index in [4.69, 9.17) is 4.74 Å². The zero-order valence-electron chi connectivity index (χ0n) is 17.6. The number of aryl methyl sites for hydroxylation is 1. The second kappa shape index (κ2) is 7.10. The molecule has 0 aliphatic heterocycles. The van der Waals surface area contributed by atoms with Gasteiger partial charge in [0.15, 0.2) is 0 Å². The monoisotopic (exact) mass is 411 g/mol. The number of carbonyl (C=O) groups is 1. The number of rotatable bonds is 4. The van der Waals surface area contributed by atoms with Crippen LogP contribution in [-0.2, 0) is 4.79 Å². The van der Waals surface area contributed by atoms with Gasteiger partial charge >= 0.3 is 0 Å². The number of hydrogen-bond acceptors (Lipinski definition) is 5. The second-order valence-electron chi connectivity index (χ2n) is 7.95. The quantitative estimate of drug-likeness (QED) is 0.537. The molecule has 3 aromatic heterocycles. The van der Waals surface area contributed by atoms with Crippen molar-refractivity contribution in [2.24, 2.45) is 5.92 Å². The summed E-state index contributed by atoms with van der Waals surface area (Å²) in [5.41, 5.74) is 5.88. The summed E-state index contributed by atoms with van der Waals surface area (Å²) in [6, 6.07) is 10.0. The second-order valence-corrected chi connectivity index (χ2v) is 7.95. The molecule has 154 valence electrons. The molecule has 1 amide bonds. The first-order chi connectivity index (χ1) is 15.0. The standard InChI is InChI=1S/C24H21N5O2/c1-13-4-7-20(31-3)14(2)22(13)18-8-16-11-26-21(28-24(30)15-5-6-15)9-19(16)29-17(10-25)12-27-23(18)29/h4,7-9,11-12,15H,5-6H2,1-3H3,(H,26,28,30). The molecule has 7 nitrogen and oxygen atoms in total.